The third-order valence-electron chi connectivity index (χ3n) is 3.49. The van der Waals surface area contributed by atoms with Crippen molar-refractivity contribution < 1.29 is 5.11 Å². The minimum atomic E-state index is 0.163. The van der Waals surface area contributed by atoms with Crippen LogP contribution >= 0.6 is 11.6 Å². The van der Waals surface area contributed by atoms with Crippen LogP contribution in [0.1, 0.15) is 31.2 Å². The van der Waals surface area contributed by atoms with Crippen LogP contribution in [0.5, 0.6) is 0 Å². The molecule has 0 amide bonds. The Kier molecular flexibility index (Phi) is 4.46. The molecule has 3 nitrogen and oxygen atoms in total. The summed E-state index contributed by atoms with van der Waals surface area (Å²) in [5.41, 5.74) is 1.50. The minimum absolute atomic E-state index is 0.163. The number of nitriles is 1. The molecule has 0 radical (unpaired) electrons. The summed E-state index contributed by atoms with van der Waals surface area (Å²) in [7, 11) is 0. The van der Waals surface area contributed by atoms with Gasteiger partial charge in [-0.3, -0.25) is 0 Å². The average Bonchev–Trinajstić information content (AvgIpc) is 2.63. The summed E-state index contributed by atoms with van der Waals surface area (Å²) in [6.45, 7) is 1.10. The molecule has 1 aliphatic rings. The second kappa shape index (κ2) is 6.08. The highest BCUT2D eigenvalue weighted by Crippen LogP contribution is 2.28. The molecule has 0 aromatic heterocycles. The van der Waals surface area contributed by atoms with Gasteiger partial charge in [0.25, 0.3) is 0 Å². The lowest BCUT2D eigenvalue weighted by Gasteiger charge is -2.31. The number of nitrogens with zero attached hydrogens (tertiary/aromatic N) is 2. The molecule has 18 heavy (non-hydrogen) atoms. The van der Waals surface area contributed by atoms with Gasteiger partial charge in [0.1, 0.15) is 6.07 Å². The van der Waals surface area contributed by atoms with Crippen LogP contribution in [0, 0.1) is 11.3 Å². The summed E-state index contributed by atoms with van der Waals surface area (Å²) in [5, 5.41) is 18.8. The van der Waals surface area contributed by atoms with Gasteiger partial charge in [-0.1, -0.05) is 24.4 Å². The number of benzene rings is 1. The lowest BCUT2D eigenvalue weighted by molar-refractivity contribution is 0.255. The zero-order valence-corrected chi connectivity index (χ0v) is 11.0. The van der Waals surface area contributed by atoms with Crippen LogP contribution in [0.4, 0.5) is 5.69 Å². The molecule has 1 aromatic carbocycles. The number of hydrogen-bond acceptors (Lipinski definition) is 3. The second-order valence-electron chi connectivity index (χ2n) is 4.66. The minimum Gasteiger partial charge on any atom is -0.394 e. The zero-order chi connectivity index (χ0) is 13.0. The van der Waals surface area contributed by atoms with Gasteiger partial charge in [0.2, 0.25) is 0 Å². The molecule has 1 N–H and O–H groups in total. The van der Waals surface area contributed by atoms with E-state index in [-0.39, 0.29) is 12.6 Å². The average molecular weight is 265 g/mol. The van der Waals surface area contributed by atoms with Gasteiger partial charge >= 0.3 is 0 Å². The van der Waals surface area contributed by atoms with Gasteiger partial charge in [0, 0.05) is 12.2 Å². The summed E-state index contributed by atoms with van der Waals surface area (Å²) in [4.78, 5) is 2.21. The fourth-order valence-electron chi connectivity index (χ4n) is 2.48. The van der Waals surface area contributed by atoms with Crippen molar-refractivity contribution in [1.29, 1.82) is 5.26 Å². The molecule has 1 atom stereocenters. The van der Waals surface area contributed by atoms with Crippen LogP contribution in [0.2, 0.25) is 5.02 Å². The summed E-state index contributed by atoms with van der Waals surface area (Å²) < 4.78 is 0. The van der Waals surface area contributed by atoms with E-state index < -0.39 is 0 Å². The topological polar surface area (TPSA) is 47.3 Å². The fourth-order valence-corrected chi connectivity index (χ4v) is 2.70. The molecule has 1 fully saturated rings. The van der Waals surface area contributed by atoms with E-state index >= 15 is 0 Å². The first-order valence-electron chi connectivity index (χ1n) is 6.33. The highest BCUT2D eigenvalue weighted by atomic mass is 35.5. The van der Waals surface area contributed by atoms with Crippen LogP contribution < -0.4 is 4.90 Å². The van der Waals surface area contributed by atoms with Gasteiger partial charge in [-0.15, -0.1) is 0 Å². The maximum absolute atomic E-state index is 9.49. The molecule has 1 aliphatic heterocycles. The van der Waals surface area contributed by atoms with Crippen LogP contribution in [0.25, 0.3) is 0 Å². The van der Waals surface area contributed by atoms with Gasteiger partial charge in [-0.05, 0) is 31.0 Å². The first-order valence-corrected chi connectivity index (χ1v) is 6.71. The number of rotatable bonds is 2. The highest BCUT2D eigenvalue weighted by molar-refractivity contribution is 6.32. The van der Waals surface area contributed by atoms with Crippen molar-refractivity contribution in [3.05, 3.63) is 28.8 Å². The molecule has 1 unspecified atom stereocenters. The molecule has 0 saturated carbocycles. The monoisotopic (exact) mass is 264 g/mol. The van der Waals surface area contributed by atoms with Crippen LogP contribution in [-0.4, -0.2) is 24.3 Å². The van der Waals surface area contributed by atoms with Gasteiger partial charge < -0.3 is 10.0 Å². The predicted octanol–water partition coefficient (Wildman–Crippen LogP) is 2.95. The second-order valence-corrected chi connectivity index (χ2v) is 5.06. The SMILES string of the molecule is N#Cc1ccc(N2CCCCCC2CO)cc1Cl. The number of halogens is 1. The van der Waals surface area contributed by atoms with E-state index in [4.69, 9.17) is 16.9 Å². The third kappa shape index (κ3) is 2.77. The van der Waals surface area contributed by atoms with Gasteiger partial charge in [0.15, 0.2) is 0 Å². The summed E-state index contributed by atoms with van der Waals surface area (Å²) in [6.07, 6.45) is 4.50. The maximum atomic E-state index is 9.49. The summed E-state index contributed by atoms with van der Waals surface area (Å²) >= 11 is 6.07. The molecule has 1 saturated heterocycles. The Bertz CT molecular complexity index is 456. The molecule has 2 rings (SSSR count). The first-order chi connectivity index (χ1) is 8.76. The van der Waals surface area contributed by atoms with Gasteiger partial charge in [-0.2, -0.15) is 5.26 Å². The normalized spacial score (nSPS) is 20.3. The van der Waals surface area contributed by atoms with E-state index in [1.54, 1.807) is 6.07 Å². The molecule has 0 bridgehead atoms. The van der Waals surface area contributed by atoms with E-state index in [1.165, 1.54) is 6.42 Å². The van der Waals surface area contributed by atoms with Crippen molar-refractivity contribution in [3.8, 4) is 6.07 Å². The number of hydrogen-bond donors (Lipinski definition) is 1. The lowest BCUT2D eigenvalue weighted by Crippen LogP contribution is -2.37. The highest BCUT2D eigenvalue weighted by Gasteiger charge is 2.21. The molecule has 0 aliphatic carbocycles. The Morgan fingerprint density at radius 1 is 1.39 bits per heavy atom. The van der Waals surface area contributed by atoms with Crippen molar-refractivity contribution >= 4 is 17.3 Å². The third-order valence-corrected chi connectivity index (χ3v) is 3.81. The lowest BCUT2D eigenvalue weighted by atomic mass is 10.1. The Morgan fingerprint density at radius 2 is 2.22 bits per heavy atom. The van der Waals surface area contributed by atoms with Crippen molar-refractivity contribution in [2.24, 2.45) is 0 Å². The Morgan fingerprint density at radius 3 is 2.89 bits per heavy atom. The smallest absolute Gasteiger partial charge is 0.101 e. The van der Waals surface area contributed by atoms with Gasteiger partial charge in [0.05, 0.1) is 23.2 Å². The van der Waals surface area contributed by atoms with Crippen LogP contribution in [0.15, 0.2) is 18.2 Å². The largest absolute Gasteiger partial charge is 0.394 e. The molecular weight excluding hydrogens is 248 g/mol. The number of anilines is 1. The van der Waals surface area contributed by atoms with E-state index in [0.717, 1.165) is 31.5 Å². The molecule has 0 spiro atoms. The van der Waals surface area contributed by atoms with E-state index in [2.05, 4.69) is 11.0 Å². The molecule has 1 heterocycles. The molecule has 4 heteroatoms. The Hall–Kier alpha value is -1.24. The molecule has 96 valence electrons. The predicted molar refractivity (Wildman–Crippen MR) is 72.9 cm³/mol. The van der Waals surface area contributed by atoms with Crippen molar-refractivity contribution in [3.63, 3.8) is 0 Å². The van der Waals surface area contributed by atoms with Crippen molar-refractivity contribution in [1.82, 2.24) is 0 Å². The molecule has 1 aromatic rings. The maximum Gasteiger partial charge on any atom is 0.101 e. The summed E-state index contributed by atoms with van der Waals surface area (Å²) in [5.74, 6) is 0. The van der Waals surface area contributed by atoms with Crippen molar-refractivity contribution in [2.75, 3.05) is 18.1 Å². The Labute approximate surface area is 113 Å². The standard InChI is InChI=1S/C14H17ClN2O/c15-14-8-12(6-5-11(14)9-16)17-7-3-1-2-4-13(17)10-18/h5-6,8,13,18H,1-4,7,10H2. The van der Waals surface area contributed by atoms with E-state index in [9.17, 15) is 5.11 Å². The Balaban J connectivity index is 2.28. The van der Waals surface area contributed by atoms with Crippen LogP contribution in [0.3, 0.4) is 0 Å². The fraction of sp³-hybridized carbons (Fsp3) is 0.500. The van der Waals surface area contributed by atoms with Crippen LogP contribution in [-0.2, 0) is 0 Å². The van der Waals surface area contributed by atoms with E-state index in [1.807, 2.05) is 12.1 Å². The molecular formula is C14H17ClN2O. The quantitative estimate of drug-likeness (QED) is 0.893. The first kappa shape index (κ1) is 13.2. The number of aliphatic hydroxyl groups is 1. The number of aliphatic hydroxyl groups excluding tert-OH is 1. The zero-order valence-electron chi connectivity index (χ0n) is 10.3. The summed E-state index contributed by atoms with van der Waals surface area (Å²) in [6, 6.07) is 7.72. The van der Waals surface area contributed by atoms with Gasteiger partial charge in [-0.25, -0.2) is 0 Å². The van der Waals surface area contributed by atoms with E-state index in [0.29, 0.717) is 10.6 Å². The van der Waals surface area contributed by atoms with Crippen molar-refractivity contribution in [2.45, 2.75) is 31.7 Å².